The second kappa shape index (κ2) is 7.66. The molecule has 0 unspecified atom stereocenters. The average molecular weight is 336 g/mol. The van der Waals surface area contributed by atoms with E-state index in [0.717, 1.165) is 16.5 Å². The van der Waals surface area contributed by atoms with Crippen molar-refractivity contribution >= 4 is 28.5 Å². The number of para-hydroxylation sites is 1. The van der Waals surface area contributed by atoms with Crippen LogP contribution in [0.15, 0.2) is 60.8 Å². The molecule has 1 N–H and O–H groups in total. The molecule has 3 rings (SSSR count). The summed E-state index contributed by atoms with van der Waals surface area (Å²) in [6, 6.07) is 17.4. The Bertz CT molecular complexity index is 881. The summed E-state index contributed by atoms with van der Waals surface area (Å²) in [6.07, 6.45) is 2.17. The number of hydrogen-bond donors (Lipinski definition) is 1. The van der Waals surface area contributed by atoms with Crippen molar-refractivity contribution in [2.24, 2.45) is 0 Å². The highest BCUT2D eigenvalue weighted by Gasteiger charge is 2.09. The van der Waals surface area contributed by atoms with Gasteiger partial charge in [0.15, 0.2) is 6.61 Å². The van der Waals surface area contributed by atoms with E-state index in [1.807, 2.05) is 72.3 Å². The van der Waals surface area contributed by atoms with Crippen molar-refractivity contribution < 1.29 is 14.3 Å². The summed E-state index contributed by atoms with van der Waals surface area (Å²) in [5.41, 5.74) is 2.87. The van der Waals surface area contributed by atoms with Crippen LogP contribution in [0.3, 0.4) is 0 Å². The van der Waals surface area contributed by atoms with Gasteiger partial charge in [0.25, 0.3) is 5.91 Å². The standard InChI is InChI=1S/C20H20N2O3/c1-15-6-8-17(9-7-15)21-19(23)14-25-20(24)11-13-22-12-10-16-4-2-3-5-18(16)22/h2-10,12H,11,13-14H2,1H3,(H,21,23). The topological polar surface area (TPSA) is 60.3 Å². The van der Waals surface area contributed by atoms with Crippen molar-refractivity contribution in [2.45, 2.75) is 19.9 Å². The summed E-state index contributed by atoms with van der Waals surface area (Å²) >= 11 is 0. The van der Waals surface area contributed by atoms with Crippen LogP contribution in [0.5, 0.6) is 0 Å². The number of ether oxygens (including phenoxy) is 1. The molecule has 0 aliphatic rings. The summed E-state index contributed by atoms with van der Waals surface area (Å²) in [5, 5.41) is 3.83. The number of nitrogens with one attached hydrogen (secondary N) is 1. The van der Waals surface area contributed by atoms with Crippen molar-refractivity contribution in [3.8, 4) is 0 Å². The molecule has 0 saturated carbocycles. The maximum Gasteiger partial charge on any atom is 0.308 e. The number of anilines is 1. The Hall–Kier alpha value is -3.08. The largest absolute Gasteiger partial charge is 0.456 e. The first kappa shape index (κ1) is 16.8. The molecular formula is C20H20N2O3. The highest BCUT2D eigenvalue weighted by atomic mass is 16.5. The van der Waals surface area contributed by atoms with Gasteiger partial charge in [-0.3, -0.25) is 9.59 Å². The molecule has 0 atom stereocenters. The van der Waals surface area contributed by atoms with Crippen LogP contribution in [-0.2, 0) is 20.9 Å². The van der Waals surface area contributed by atoms with Crippen molar-refractivity contribution in [1.82, 2.24) is 4.57 Å². The van der Waals surface area contributed by atoms with E-state index < -0.39 is 5.97 Å². The van der Waals surface area contributed by atoms with E-state index >= 15 is 0 Å². The third kappa shape index (κ3) is 4.47. The van der Waals surface area contributed by atoms with E-state index in [9.17, 15) is 9.59 Å². The van der Waals surface area contributed by atoms with E-state index in [1.54, 1.807) is 0 Å². The Labute approximate surface area is 146 Å². The second-order valence-corrected chi connectivity index (χ2v) is 5.89. The SMILES string of the molecule is Cc1ccc(NC(=O)COC(=O)CCn2ccc3ccccc32)cc1. The zero-order valence-electron chi connectivity index (χ0n) is 14.1. The molecule has 0 fully saturated rings. The van der Waals surface area contributed by atoms with E-state index in [2.05, 4.69) is 5.32 Å². The number of aromatic nitrogens is 1. The minimum absolute atomic E-state index is 0.219. The number of benzene rings is 2. The van der Waals surface area contributed by atoms with Crippen molar-refractivity contribution in [2.75, 3.05) is 11.9 Å². The first-order valence-electron chi connectivity index (χ1n) is 8.18. The van der Waals surface area contributed by atoms with Crippen LogP contribution < -0.4 is 5.32 Å². The molecule has 3 aromatic rings. The van der Waals surface area contributed by atoms with Gasteiger partial charge in [-0.25, -0.2) is 0 Å². The summed E-state index contributed by atoms with van der Waals surface area (Å²) in [5.74, 6) is -0.736. The number of esters is 1. The number of carbonyl (C=O) groups excluding carboxylic acids is 2. The van der Waals surface area contributed by atoms with Crippen LogP contribution in [0.4, 0.5) is 5.69 Å². The van der Waals surface area contributed by atoms with Crippen molar-refractivity contribution in [3.63, 3.8) is 0 Å². The fourth-order valence-electron chi connectivity index (χ4n) is 2.60. The molecule has 5 nitrogen and oxygen atoms in total. The molecule has 0 spiro atoms. The molecule has 0 aliphatic heterocycles. The number of aryl methyl sites for hydroxylation is 2. The van der Waals surface area contributed by atoms with Gasteiger partial charge in [-0.1, -0.05) is 35.9 Å². The summed E-state index contributed by atoms with van der Waals surface area (Å²) in [4.78, 5) is 23.7. The van der Waals surface area contributed by atoms with Crippen LogP contribution in [0.2, 0.25) is 0 Å². The zero-order valence-corrected chi connectivity index (χ0v) is 14.1. The van der Waals surface area contributed by atoms with Crippen LogP contribution in [0, 0.1) is 6.92 Å². The van der Waals surface area contributed by atoms with Gasteiger partial charge in [0.1, 0.15) is 0 Å². The van der Waals surface area contributed by atoms with Gasteiger partial charge in [-0.05, 0) is 36.6 Å². The van der Waals surface area contributed by atoms with Gasteiger partial charge in [0.05, 0.1) is 6.42 Å². The fraction of sp³-hybridized carbons (Fsp3) is 0.200. The van der Waals surface area contributed by atoms with Gasteiger partial charge in [-0.15, -0.1) is 0 Å². The number of fused-ring (bicyclic) bond motifs is 1. The van der Waals surface area contributed by atoms with Crippen LogP contribution >= 0.6 is 0 Å². The number of rotatable bonds is 6. The lowest BCUT2D eigenvalue weighted by Gasteiger charge is -2.08. The molecular weight excluding hydrogens is 316 g/mol. The average Bonchev–Trinajstić information content (AvgIpc) is 3.03. The fourth-order valence-corrected chi connectivity index (χ4v) is 2.60. The summed E-state index contributed by atoms with van der Waals surface area (Å²) in [7, 11) is 0. The predicted molar refractivity (Wildman–Crippen MR) is 97.3 cm³/mol. The third-order valence-electron chi connectivity index (χ3n) is 3.94. The van der Waals surface area contributed by atoms with Crippen LogP contribution in [-0.4, -0.2) is 23.1 Å². The van der Waals surface area contributed by atoms with Gasteiger partial charge in [0, 0.05) is 23.9 Å². The monoisotopic (exact) mass is 336 g/mol. The smallest absolute Gasteiger partial charge is 0.308 e. The third-order valence-corrected chi connectivity index (χ3v) is 3.94. The maximum absolute atomic E-state index is 11.9. The quantitative estimate of drug-likeness (QED) is 0.701. The summed E-state index contributed by atoms with van der Waals surface area (Å²) in [6.45, 7) is 2.21. The molecule has 5 heteroatoms. The van der Waals surface area contributed by atoms with E-state index in [0.29, 0.717) is 12.2 Å². The Kier molecular flexibility index (Phi) is 5.14. The molecule has 0 bridgehead atoms. The number of hydrogen-bond acceptors (Lipinski definition) is 3. The van der Waals surface area contributed by atoms with E-state index in [-0.39, 0.29) is 18.9 Å². The minimum atomic E-state index is -0.392. The molecule has 1 heterocycles. The lowest BCUT2D eigenvalue weighted by atomic mass is 10.2. The zero-order chi connectivity index (χ0) is 17.6. The highest BCUT2D eigenvalue weighted by molar-refractivity contribution is 5.92. The Morgan fingerprint density at radius 3 is 2.60 bits per heavy atom. The highest BCUT2D eigenvalue weighted by Crippen LogP contribution is 2.15. The first-order valence-corrected chi connectivity index (χ1v) is 8.18. The molecule has 0 saturated heterocycles. The number of carbonyl (C=O) groups is 2. The van der Waals surface area contributed by atoms with E-state index in [4.69, 9.17) is 4.74 Å². The van der Waals surface area contributed by atoms with Gasteiger partial charge >= 0.3 is 5.97 Å². The van der Waals surface area contributed by atoms with E-state index in [1.165, 1.54) is 0 Å². The Morgan fingerprint density at radius 2 is 1.80 bits per heavy atom. The molecule has 0 radical (unpaired) electrons. The van der Waals surface area contributed by atoms with Crippen molar-refractivity contribution in [3.05, 3.63) is 66.4 Å². The van der Waals surface area contributed by atoms with Crippen molar-refractivity contribution in [1.29, 1.82) is 0 Å². The predicted octanol–water partition coefficient (Wildman–Crippen LogP) is 3.52. The molecule has 25 heavy (non-hydrogen) atoms. The molecule has 1 aromatic heterocycles. The number of nitrogens with zero attached hydrogens (tertiary/aromatic N) is 1. The minimum Gasteiger partial charge on any atom is -0.456 e. The van der Waals surface area contributed by atoms with Crippen LogP contribution in [0.25, 0.3) is 10.9 Å². The molecule has 0 aliphatic carbocycles. The van der Waals surface area contributed by atoms with Gasteiger partial charge in [-0.2, -0.15) is 0 Å². The first-order chi connectivity index (χ1) is 12.1. The molecule has 2 aromatic carbocycles. The number of amides is 1. The molecule has 1 amide bonds. The van der Waals surface area contributed by atoms with Crippen LogP contribution in [0.1, 0.15) is 12.0 Å². The van der Waals surface area contributed by atoms with Gasteiger partial charge < -0.3 is 14.6 Å². The lowest BCUT2D eigenvalue weighted by Crippen LogP contribution is -2.21. The maximum atomic E-state index is 11.9. The van der Waals surface area contributed by atoms with Gasteiger partial charge in [0.2, 0.25) is 0 Å². The Morgan fingerprint density at radius 1 is 1.04 bits per heavy atom. The molecule has 128 valence electrons. The normalized spacial score (nSPS) is 10.6. The Balaban J connectivity index is 1.44. The summed E-state index contributed by atoms with van der Waals surface area (Å²) < 4.78 is 7.05. The second-order valence-electron chi connectivity index (χ2n) is 5.89. The lowest BCUT2D eigenvalue weighted by molar-refractivity contribution is -0.147.